The molecule has 31 heavy (non-hydrogen) atoms. The number of ether oxygens (including phenoxy) is 2. The zero-order valence-electron chi connectivity index (χ0n) is 18.0. The van der Waals surface area contributed by atoms with Gasteiger partial charge in [-0.25, -0.2) is 16.8 Å². The number of sulfone groups is 2. The van der Waals surface area contributed by atoms with Crippen LogP contribution in [0.4, 0.5) is 0 Å². The van der Waals surface area contributed by atoms with Crippen LogP contribution >= 0.6 is 0 Å². The monoisotopic (exact) mass is 467 g/mol. The molecule has 0 saturated carbocycles. The molecule has 1 aliphatic heterocycles. The molecule has 0 bridgehead atoms. The molecule has 2 aromatic rings. The van der Waals surface area contributed by atoms with Gasteiger partial charge in [0, 0.05) is 6.04 Å². The molecule has 0 radical (unpaired) electrons. The van der Waals surface area contributed by atoms with Crippen LogP contribution in [0.3, 0.4) is 0 Å². The predicted octanol–water partition coefficient (Wildman–Crippen LogP) is 2.04. The lowest BCUT2D eigenvalue weighted by atomic mass is 10.1. The highest BCUT2D eigenvalue weighted by molar-refractivity contribution is 7.96. The molecule has 0 unspecified atom stereocenters. The van der Waals surface area contributed by atoms with Gasteiger partial charge in [0.05, 0.1) is 35.9 Å². The van der Waals surface area contributed by atoms with E-state index in [1.807, 2.05) is 13.0 Å². The zero-order valence-corrected chi connectivity index (χ0v) is 19.6. The molecule has 0 aliphatic carbocycles. The Labute approximate surface area is 184 Å². The third kappa shape index (κ3) is 5.39. The second kappa shape index (κ2) is 9.58. The van der Waals surface area contributed by atoms with Gasteiger partial charge < -0.3 is 14.8 Å². The Morgan fingerprint density at radius 3 is 2.35 bits per heavy atom. The van der Waals surface area contributed by atoms with E-state index < -0.39 is 31.0 Å². The topological polar surface area (TPSA) is 98.8 Å². The first-order valence-corrected chi connectivity index (χ1v) is 13.5. The average Bonchev–Trinajstić information content (AvgIpc) is 3.08. The molecule has 2 atom stereocenters. The third-order valence-electron chi connectivity index (χ3n) is 5.65. The van der Waals surface area contributed by atoms with Crippen LogP contribution in [0.5, 0.6) is 11.5 Å². The first kappa shape index (κ1) is 23.6. The highest BCUT2D eigenvalue weighted by atomic mass is 32.2. The normalized spacial score (nSPS) is 20.5. The van der Waals surface area contributed by atoms with E-state index in [1.54, 1.807) is 50.6 Å². The molecule has 1 saturated heterocycles. The van der Waals surface area contributed by atoms with Crippen molar-refractivity contribution < 1.29 is 26.3 Å². The van der Waals surface area contributed by atoms with E-state index in [9.17, 15) is 16.8 Å². The minimum atomic E-state index is -3.79. The summed E-state index contributed by atoms with van der Waals surface area (Å²) in [4.78, 5) is 0.160. The summed E-state index contributed by atoms with van der Waals surface area (Å²) in [6, 6.07) is 11.5. The molecule has 170 valence electrons. The Morgan fingerprint density at radius 2 is 1.74 bits per heavy atom. The largest absolute Gasteiger partial charge is 0.497 e. The summed E-state index contributed by atoms with van der Waals surface area (Å²) in [6.45, 7) is 2.40. The van der Waals surface area contributed by atoms with Gasteiger partial charge in [-0.3, -0.25) is 0 Å². The molecular weight excluding hydrogens is 438 g/mol. The van der Waals surface area contributed by atoms with Crippen molar-refractivity contribution in [2.75, 3.05) is 32.3 Å². The van der Waals surface area contributed by atoms with Gasteiger partial charge in [-0.15, -0.1) is 0 Å². The van der Waals surface area contributed by atoms with Crippen molar-refractivity contribution in [2.24, 2.45) is 0 Å². The smallest absolute Gasteiger partial charge is 0.183 e. The summed E-state index contributed by atoms with van der Waals surface area (Å²) in [5.74, 6) is 0.821. The first-order valence-electron chi connectivity index (χ1n) is 10.2. The molecular formula is C22H29NO6S2. The van der Waals surface area contributed by atoms with Gasteiger partial charge >= 0.3 is 0 Å². The number of rotatable bonds is 9. The lowest BCUT2D eigenvalue weighted by Gasteiger charge is -2.20. The third-order valence-corrected chi connectivity index (χ3v) is 9.81. The number of methoxy groups -OCH3 is 2. The lowest BCUT2D eigenvalue weighted by Crippen LogP contribution is -2.44. The van der Waals surface area contributed by atoms with E-state index in [4.69, 9.17) is 9.47 Å². The SMILES string of the molecule is CCc1ccc(S(=O)(=O)[C@H]2CS(=O)(=O)C[C@H]2NCCc2cc(OC)ccc2OC)cc1. The zero-order chi connectivity index (χ0) is 22.6. The number of aryl methyl sites for hydroxylation is 1. The van der Waals surface area contributed by atoms with Gasteiger partial charge in [-0.2, -0.15) is 0 Å². The average molecular weight is 468 g/mol. The molecule has 0 amide bonds. The number of benzene rings is 2. The van der Waals surface area contributed by atoms with Crippen molar-refractivity contribution in [2.45, 2.75) is 36.0 Å². The Bertz CT molecular complexity index is 1110. The number of hydrogen-bond donors (Lipinski definition) is 1. The summed E-state index contributed by atoms with van der Waals surface area (Å²) in [5.41, 5.74) is 1.92. The van der Waals surface area contributed by atoms with Gasteiger partial charge in [0.1, 0.15) is 11.5 Å². The molecule has 0 aromatic heterocycles. The first-order chi connectivity index (χ1) is 14.7. The quantitative estimate of drug-likeness (QED) is 0.602. The van der Waals surface area contributed by atoms with Crippen molar-refractivity contribution in [3.8, 4) is 11.5 Å². The molecule has 1 aliphatic rings. The summed E-state index contributed by atoms with van der Waals surface area (Å²) >= 11 is 0. The van der Waals surface area contributed by atoms with Crippen molar-refractivity contribution in [3.05, 3.63) is 53.6 Å². The minimum absolute atomic E-state index is 0.160. The van der Waals surface area contributed by atoms with Crippen LogP contribution in [0.2, 0.25) is 0 Å². The van der Waals surface area contributed by atoms with E-state index >= 15 is 0 Å². The maximum Gasteiger partial charge on any atom is 0.183 e. The summed E-state index contributed by atoms with van der Waals surface area (Å²) in [7, 11) is -4.09. The summed E-state index contributed by atoms with van der Waals surface area (Å²) < 4.78 is 61.7. The van der Waals surface area contributed by atoms with Crippen LogP contribution in [0.1, 0.15) is 18.1 Å². The van der Waals surface area contributed by atoms with Crippen LogP contribution in [0.15, 0.2) is 47.4 Å². The standard InChI is InChI=1S/C22H29NO6S2/c1-4-16-5-8-19(9-6-16)31(26,27)22-15-30(24,25)14-20(22)23-12-11-17-13-18(28-2)7-10-21(17)29-3/h5-10,13,20,22-23H,4,11-12,14-15H2,1-3H3/t20-,22+/m1/s1. The predicted molar refractivity (Wildman–Crippen MR) is 120 cm³/mol. The summed E-state index contributed by atoms with van der Waals surface area (Å²) in [6.07, 6.45) is 1.34. The van der Waals surface area contributed by atoms with Gasteiger partial charge in [-0.1, -0.05) is 19.1 Å². The molecule has 7 nitrogen and oxygen atoms in total. The maximum absolute atomic E-state index is 13.2. The second-order valence-electron chi connectivity index (χ2n) is 7.65. The fourth-order valence-electron chi connectivity index (χ4n) is 3.87. The van der Waals surface area contributed by atoms with E-state index in [-0.39, 0.29) is 16.4 Å². The van der Waals surface area contributed by atoms with E-state index in [0.717, 1.165) is 17.5 Å². The van der Waals surface area contributed by atoms with Crippen molar-refractivity contribution in [1.29, 1.82) is 0 Å². The highest BCUT2D eigenvalue weighted by Gasteiger charge is 2.45. The molecule has 3 rings (SSSR count). The van der Waals surface area contributed by atoms with Crippen molar-refractivity contribution in [1.82, 2.24) is 5.32 Å². The molecule has 9 heteroatoms. The molecule has 1 N–H and O–H groups in total. The van der Waals surface area contributed by atoms with E-state index in [1.165, 1.54) is 0 Å². The fraction of sp³-hybridized carbons (Fsp3) is 0.455. The Kier molecular flexibility index (Phi) is 7.28. The van der Waals surface area contributed by atoms with Gasteiger partial charge in [0.15, 0.2) is 19.7 Å². The van der Waals surface area contributed by atoms with Crippen molar-refractivity contribution in [3.63, 3.8) is 0 Å². The highest BCUT2D eigenvalue weighted by Crippen LogP contribution is 2.27. The Morgan fingerprint density at radius 1 is 1.03 bits per heavy atom. The van der Waals surface area contributed by atoms with E-state index in [2.05, 4.69) is 5.32 Å². The number of nitrogens with one attached hydrogen (secondary N) is 1. The molecule has 2 aromatic carbocycles. The fourth-order valence-corrected chi connectivity index (χ4v) is 8.59. The second-order valence-corrected chi connectivity index (χ2v) is 12.0. The van der Waals surface area contributed by atoms with Gasteiger partial charge in [0.25, 0.3) is 0 Å². The van der Waals surface area contributed by atoms with Gasteiger partial charge in [-0.05, 0) is 60.8 Å². The summed E-state index contributed by atoms with van der Waals surface area (Å²) in [5, 5.41) is 2.15. The van der Waals surface area contributed by atoms with Gasteiger partial charge in [0.2, 0.25) is 0 Å². The lowest BCUT2D eigenvalue weighted by molar-refractivity contribution is 0.398. The van der Waals surface area contributed by atoms with Crippen LogP contribution in [-0.4, -0.2) is 60.4 Å². The number of hydrogen-bond acceptors (Lipinski definition) is 7. The van der Waals surface area contributed by atoms with Crippen LogP contribution in [-0.2, 0) is 32.5 Å². The molecule has 1 fully saturated rings. The molecule has 1 heterocycles. The van der Waals surface area contributed by atoms with Crippen molar-refractivity contribution >= 4 is 19.7 Å². The minimum Gasteiger partial charge on any atom is -0.497 e. The Hall–Kier alpha value is -2.10. The molecule has 0 spiro atoms. The van der Waals surface area contributed by atoms with Crippen LogP contribution in [0.25, 0.3) is 0 Å². The van der Waals surface area contributed by atoms with Crippen LogP contribution in [0, 0.1) is 0 Å². The van der Waals surface area contributed by atoms with E-state index in [0.29, 0.717) is 24.5 Å². The van der Waals surface area contributed by atoms with Crippen LogP contribution < -0.4 is 14.8 Å². The Balaban J connectivity index is 1.76. The maximum atomic E-state index is 13.2.